The smallest absolute Gasteiger partial charge is 0.337 e. The molecule has 0 aliphatic carbocycles. The van der Waals surface area contributed by atoms with Gasteiger partial charge in [-0.25, -0.2) is 14.8 Å². The van der Waals surface area contributed by atoms with E-state index in [0.29, 0.717) is 27.0 Å². The Hall–Kier alpha value is -3.44. The summed E-state index contributed by atoms with van der Waals surface area (Å²) in [5, 5.41) is 5.75. The van der Waals surface area contributed by atoms with Crippen molar-refractivity contribution in [1.29, 1.82) is 0 Å². The molecular formula is C21H18N4O5S2. The highest BCUT2D eigenvalue weighted by molar-refractivity contribution is 7.99. The monoisotopic (exact) mass is 470 g/mol. The molecule has 0 saturated heterocycles. The first-order valence-corrected chi connectivity index (χ1v) is 11.3. The van der Waals surface area contributed by atoms with Crippen molar-refractivity contribution >= 4 is 51.0 Å². The maximum atomic E-state index is 13.2. The zero-order valence-electron chi connectivity index (χ0n) is 17.2. The van der Waals surface area contributed by atoms with Crippen LogP contribution in [0.3, 0.4) is 0 Å². The lowest BCUT2D eigenvalue weighted by Crippen LogP contribution is -2.25. The Morgan fingerprint density at radius 1 is 1.28 bits per heavy atom. The summed E-state index contributed by atoms with van der Waals surface area (Å²) in [6.07, 6.45) is 1.52. The summed E-state index contributed by atoms with van der Waals surface area (Å²) in [4.78, 5) is 46.3. The predicted molar refractivity (Wildman–Crippen MR) is 121 cm³/mol. The number of amides is 1. The van der Waals surface area contributed by atoms with Gasteiger partial charge in [-0.05, 0) is 37.3 Å². The van der Waals surface area contributed by atoms with Gasteiger partial charge >= 0.3 is 5.97 Å². The first-order valence-electron chi connectivity index (χ1n) is 9.44. The number of hydrogen-bond donors (Lipinski definition) is 1. The number of nitrogens with one attached hydrogen (secondary N) is 1. The van der Waals surface area contributed by atoms with Crippen LogP contribution in [0.4, 0.5) is 5.13 Å². The number of aromatic nitrogens is 3. The van der Waals surface area contributed by atoms with Crippen molar-refractivity contribution in [3.63, 3.8) is 0 Å². The minimum absolute atomic E-state index is 0.0193. The fourth-order valence-electron chi connectivity index (χ4n) is 2.95. The van der Waals surface area contributed by atoms with Crippen LogP contribution in [0, 0.1) is 6.92 Å². The molecule has 3 aromatic heterocycles. The summed E-state index contributed by atoms with van der Waals surface area (Å²) in [7, 11) is 1.28. The zero-order valence-corrected chi connectivity index (χ0v) is 18.8. The van der Waals surface area contributed by atoms with Gasteiger partial charge in [0.1, 0.15) is 5.76 Å². The van der Waals surface area contributed by atoms with Gasteiger partial charge in [-0.3, -0.25) is 14.2 Å². The van der Waals surface area contributed by atoms with Gasteiger partial charge in [0, 0.05) is 5.38 Å². The van der Waals surface area contributed by atoms with E-state index in [1.807, 2.05) is 12.3 Å². The lowest BCUT2D eigenvalue weighted by molar-refractivity contribution is -0.113. The van der Waals surface area contributed by atoms with Gasteiger partial charge in [0.25, 0.3) is 5.56 Å². The van der Waals surface area contributed by atoms with Gasteiger partial charge in [0.05, 0.1) is 47.8 Å². The van der Waals surface area contributed by atoms with Crippen molar-refractivity contribution in [1.82, 2.24) is 14.5 Å². The Labute approximate surface area is 190 Å². The van der Waals surface area contributed by atoms with Crippen LogP contribution in [-0.4, -0.2) is 39.3 Å². The van der Waals surface area contributed by atoms with Gasteiger partial charge in [-0.2, -0.15) is 0 Å². The molecule has 1 N–H and O–H groups in total. The number of furan rings is 1. The number of thiazole rings is 1. The Morgan fingerprint density at radius 3 is 2.81 bits per heavy atom. The number of nitrogens with zero attached hydrogens (tertiary/aromatic N) is 3. The maximum Gasteiger partial charge on any atom is 0.337 e. The van der Waals surface area contributed by atoms with E-state index in [1.54, 1.807) is 18.2 Å². The second-order valence-electron chi connectivity index (χ2n) is 6.72. The summed E-state index contributed by atoms with van der Waals surface area (Å²) in [5.41, 5.74) is 1.14. The number of aryl methyl sites for hydroxylation is 1. The Bertz CT molecular complexity index is 1340. The third-order valence-corrected chi connectivity index (χ3v) is 6.29. The lowest BCUT2D eigenvalue weighted by Gasteiger charge is -2.12. The van der Waals surface area contributed by atoms with E-state index in [2.05, 4.69) is 15.3 Å². The molecule has 4 rings (SSSR count). The number of rotatable bonds is 7. The number of methoxy groups -OCH3 is 1. The van der Waals surface area contributed by atoms with Gasteiger partial charge in [0.2, 0.25) is 5.91 Å². The Morgan fingerprint density at radius 2 is 2.12 bits per heavy atom. The number of hydrogen-bond acceptors (Lipinski definition) is 9. The van der Waals surface area contributed by atoms with Crippen molar-refractivity contribution in [2.75, 3.05) is 18.2 Å². The molecule has 9 nitrogen and oxygen atoms in total. The standard InChI is InChI=1S/C21H18N4O5S2/c1-12-10-31-20(22-12)24-17(26)11-32-21-23-16-8-13(19(28)29-2)5-6-15(16)18(27)25(21)9-14-4-3-7-30-14/h3-8,10H,9,11H2,1-2H3,(H,22,24,26). The summed E-state index contributed by atoms with van der Waals surface area (Å²) >= 11 is 2.45. The van der Waals surface area contributed by atoms with Crippen LogP contribution in [0.5, 0.6) is 0 Å². The molecule has 3 heterocycles. The average Bonchev–Trinajstić information content (AvgIpc) is 3.45. The summed E-state index contributed by atoms with van der Waals surface area (Å²) in [6, 6.07) is 8.05. The van der Waals surface area contributed by atoms with Crippen molar-refractivity contribution in [3.05, 3.63) is 69.3 Å². The molecule has 4 aromatic rings. The minimum Gasteiger partial charge on any atom is -0.467 e. The fourth-order valence-corrected chi connectivity index (χ4v) is 4.45. The number of carbonyl (C=O) groups excluding carboxylic acids is 2. The van der Waals surface area contributed by atoms with Crippen LogP contribution in [0.2, 0.25) is 0 Å². The van der Waals surface area contributed by atoms with Crippen molar-refractivity contribution in [2.24, 2.45) is 0 Å². The van der Waals surface area contributed by atoms with E-state index in [1.165, 1.54) is 41.4 Å². The number of thioether (sulfide) groups is 1. The molecule has 0 aliphatic heterocycles. The van der Waals surface area contributed by atoms with E-state index in [-0.39, 0.29) is 29.3 Å². The van der Waals surface area contributed by atoms with Crippen molar-refractivity contribution in [2.45, 2.75) is 18.6 Å². The van der Waals surface area contributed by atoms with Crippen LogP contribution in [-0.2, 0) is 16.1 Å². The van der Waals surface area contributed by atoms with Crippen LogP contribution < -0.4 is 10.9 Å². The molecule has 1 aromatic carbocycles. The largest absolute Gasteiger partial charge is 0.467 e. The average molecular weight is 471 g/mol. The number of fused-ring (bicyclic) bond motifs is 1. The zero-order chi connectivity index (χ0) is 22.7. The molecular weight excluding hydrogens is 452 g/mol. The molecule has 0 atom stereocenters. The molecule has 0 aliphatic rings. The molecule has 0 spiro atoms. The van der Waals surface area contributed by atoms with Crippen molar-refractivity contribution in [3.8, 4) is 0 Å². The van der Waals surface area contributed by atoms with E-state index in [9.17, 15) is 14.4 Å². The van der Waals surface area contributed by atoms with E-state index >= 15 is 0 Å². The molecule has 32 heavy (non-hydrogen) atoms. The molecule has 0 radical (unpaired) electrons. The van der Waals surface area contributed by atoms with Crippen LogP contribution >= 0.6 is 23.1 Å². The van der Waals surface area contributed by atoms with Gasteiger partial charge in [-0.1, -0.05) is 11.8 Å². The van der Waals surface area contributed by atoms with Crippen LogP contribution in [0.15, 0.2) is 56.3 Å². The summed E-state index contributed by atoms with van der Waals surface area (Å²) in [6.45, 7) is 2.00. The second-order valence-corrected chi connectivity index (χ2v) is 8.52. The lowest BCUT2D eigenvalue weighted by atomic mass is 10.1. The van der Waals surface area contributed by atoms with Crippen LogP contribution in [0.25, 0.3) is 10.9 Å². The van der Waals surface area contributed by atoms with E-state index in [0.717, 1.165) is 17.5 Å². The Kier molecular flexibility index (Phi) is 6.37. The highest BCUT2D eigenvalue weighted by Crippen LogP contribution is 2.21. The van der Waals surface area contributed by atoms with Gasteiger partial charge < -0.3 is 14.5 Å². The molecule has 0 bridgehead atoms. The summed E-state index contributed by atoms with van der Waals surface area (Å²) < 4.78 is 11.6. The summed E-state index contributed by atoms with van der Waals surface area (Å²) in [5.74, 6) is -0.206. The third-order valence-electron chi connectivity index (χ3n) is 4.43. The number of ether oxygens (including phenoxy) is 1. The molecule has 164 valence electrons. The van der Waals surface area contributed by atoms with E-state index in [4.69, 9.17) is 9.15 Å². The highest BCUT2D eigenvalue weighted by Gasteiger charge is 2.17. The molecule has 0 fully saturated rings. The highest BCUT2D eigenvalue weighted by atomic mass is 32.2. The van der Waals surface area contributed by atoms with Gasteiger partial charge in [0.15, 0.2) is 10.3 Å². The number of carbonyl (C=O) groups is 2. The van der Waals surface area contributed by atoms with Crippen LogP contribution in [0.1, 0.15) is 21.8 Å². The molecule has 11 heteroatoms. The number of esters is 1. The first kappa shape index (κ1) is 21.8. The normalized spacial score (nSPS) is 10.9. The number of benzene rings is 1. The first-order chi connectivity index (χ1) is 15.4. The van der Waals surface area contributed by atoms with E-state index < -0.39 is 5.97 Å². The molecule has 0 saturated carbocycles. The van der Waals surface area contributed by atoms with Gasteiger partial charge in [-0.15, -0.1) is 11.3 Å². The second kappa shape index (κ2) is 9.37. The SMILES string of the molecule is COC(=O)c1ccc2c(=O)n(Cc3ccco3)c(SCC(=O)Nc3nc(C)cs3)nc2c1. The van der Waals surface area contributed by atoms with Crippen molar-refractivity contribution < 1.29 is 18.7 Å². The number of anilines is 1. The molecule has 0 unspecified atom stereocenters. The Balaban J connectivity index is 1.67. The minimum atomic E-state index is -0.527. The maximum absolute atomic E-state index is 13.2. The quantitative estimate of drug-likeness (QED) is 0.248. The molecule has 1 amide bonds. The predicted octanol–water partition coefficient (Wildman–Crippen LogP) is 3.32. The third kappa shape index (κ3) is 4.73. The topological polar surface area (TPSA) is 116 Å². The fraction of sp³-hybridized carbons (Fsp3) is 0.190.